The normalized spacial score (nSPS) is 25.7. The molecule has 1 aliphatic carbocycles. The van der Waals surface area contributed by atoms with Crippen LogP contribution in [0, 0.1) is 0 Å². The molecule has 20 heavy (non-hydrogen) atoms. The van der Waals surface area contributed by atoms with Crippen molar-refractivity contribution in [1.82, 2.24) is 5.32 Å². The molecule has 0 aliphatic heterocycles. The van der Waals surface area contributed by atoms with Crippen LogP contribution in [0.5, 0.6) is 5.75 Å². The van der Waals surface area contributed by atoms with Gasteiger partial charge in [-0.15, -0.1) is 0 Å². The predicted molar refractivity (Wildman–Crippen MR) is 77.7 cm³/mol. The minimum atomic E-state index is -0.609. The van der Waals surface area contributed by atoms with Crippen LogP contribution in [-0.2, 0) is 9.53 Å². The van der Waals surface area contributed by atoms with Crippen molar-refractivity contribution in [2.45, 2.75) is 50.8 Å². The molecule has 110 valence electrons. The first-order chi connectivity index (χ1) is 9.55. The zero-order valence-corrected chi connectivity index (χ0v) is 12.4. The fraction of sp³-hybridized carbons (Fsp3) is 0.562. The lowest BCUT2D eigenvalue weighted by molar-refractivity contribution is -0.149. The topological polar surface area (TPSA) is 47.6 Å². The number of hydrogen-bond acceptors (Lipinski definition) is 4. The van der Waals surface area contributed by atoms with Crippen LogP contribution in [0.1, 0.15) is 33.1 Å². The van der Waals surface area contributed by atoms with Crippen LogP contribution >= 0.6 is 0 Å². The summed E-state index contributed by atoms with van der Waals surface area (Å²) < 4.78 is 10.9. The van der Waals surface area contributed by atoms with E-state index in [1.165, 1.54) is 7.11 Å². The Bertz CT molecular complexity index is 446. The standard InChI is InChI=1S/C16H23NO3/c1-12(2)17-16(15(18)19-3)10-9-14(11-16)20-13-7-5-4-6-8-13/h4-8,12,14,17H,9-11H2,1-3H3. The molecule has 0 heterocycles. The monoisotopic (exact) mass is 277 g/mol. The van der Waals surface area contributed by atoms with E-state index in [9.17, 15) is 4.79 Å². The third-order valence-corrected chi connectivity index (χ3v) is 3.66. The number of nitrogens with one attached hydrogen (secondary N) is 1. The van der Waals surface area contributed by atoms with E-state index in [1.807, 2.05) is 44.2 Å². The summed E-state index contributed by atoms with van der Waals surface area (Å²) in [4.78, 5) is 12.1. The van der Waals surface area contributed by atoms with E-state index < -0.39 is 5.54 Å². The fourth-order valence-corrected chi connectivity index (χ4v) is 2.92. The van der Waals surface area contributed by atoms with Gasteiger partial charge in [-0.3, -0.25) is 10.1 Å². The van der Waals surface area contributed by atoms with E-state index in [1.54, 1.807) is 0 Å². The molecule has 2 unspecified atom stereocenters. The average molecular weight is 277 g/mol. The van der Waals surface area contributed by atoms with Gasteiger partial charge in [0.05, 0.1) is 7.11 Å². The molecule has 1 fully saturated rings. The van der Waals surface area contributed by atoms with E-state index >= 15 is 0 Å². The highest BCUT2D eigenvalue weighted by atomic mass is 16.5. The molecule has 0 radical (unpaired) electrons. The Morgan fingerprint density at radius 2 is 2.05 bits per heavy atom. The van der Waals surface area contributed by atoms with Gasteiger partial charge >= 0.3 is 5.97 Å². The number of hydrogen-bond donors (Lipinski definition) is 1. The minimum absolute atomic E-state index is 0.0442. The number of rotatable bonds is 5. The molecule has 0 amide bonds. The second-order valence-electron chi connectivity index (χ2n) is 5.67. The summed E-state index contributed by atoms with van der Waals surface area (Å²) in [7, 11) is 1.44. The summed E-state index contributed by atoms with van der Waals surface area (Å²) >= 11 is 0. The van der Waals surface area contributed by atoms with Crippen LogP contribution in [0.15, 0.2) is 30.3 Å². The van der Waals surface area contributed by atoms with Crippen LogP contribution in [-0.4, -0.2) is 30.8 Å². The quantitative estimate of drug-likeness (QED) is 0.840. The van der Waals surface area contributed by atoms with Gasteiger partial charge < -0.3 is 9.47 Å². The molecular formula is C16H23NO3. The Morgan fingerprint density at radius 1 is 1.35 bits per heavy atom. The molecule has 4 nitrogen and oxygen atoms in total. The summed E-state index contributed by atoms with van der Waals surface area (Å²) in [5, 5.41) is 3.37. The van der Waals surface area contributed by atoms with E-state index in [0.29, 0.717) is 6.42 Å². The van der Waals surface area contributed by atoms with Gasteiger partial charge in [-0.05, 0) is 38.8 Å². The lowest BCUT2D eigenvalue weighted by Gasteiger charge is -2.29. The molecule has 0 bridgehead atoms. The lowest BCUT2D eigenvalue weighted by atomic mass is 9.96. The fourth-order valence-electron chi connectivity index (χ4n) is 2.92. The molecule has 1 aromatic carbocycles. The molecule has 1 aromatic rings. The molecule has 0 spiro atoms. The van der Waals surface area contributed by atoms with Crippen molar-refractivity contribution in [2.75, 3.05) is 7.11 Å². The first kappa shape index (κ1) is 14.9. The Kier molecular flexibility index (Phi) is 4.65. The third kappa shape index (κ3) is 3.31. The highest BCUT2D eigenvalue weighted by Crippen LogP contribution is 2.34. The Labute approximate surface area is 120 Å². The van der Waals surface area contributed by atoms with Crippen LogP contribution < -0.4 is 10.1 Å². The highest BCUT2D eigenvalue weighted by molar-refractivity contribution is 5.81. The molecule has 0 aromatic heterocycles. The van der Waals surface area contributed by atoms with E-state index in [4.69, 9.17) is 9.47 Å². The summed E-state index contributed by atoms with van der Waals surface area (Å²) in [6.07, 6.45) is 2.29. The summed E-state index contributed by atoms with van der Waals surface area (Å²) in [5.74, 6) is 0.660. The molecule has 2 atom stereocenters. The van der Waals surface area contributed by atoms with Crippen molar-refractivity contribution in [3.63, 3.8) is 0 Å². The number of ether oxygens (including phenoxy) is 2. The summed E-state index contributed by atoms with van der Waals surface area (Å²) in [6.45, 7) is 4.08. The number of carbonyl (C=O) groups excluding carboxylic acids is 1. The van der Waals surface area contributed by atoms with Gasteiger partial charge in [-0.2, -0.15) is 0 Å². The number of esters is 1. The number of methoxy groups -OCH3 is 1. The summed E-state index contributed by atoms with van der Waals surface area (Å²) in [5.41, 5.74) is -0.609. The summed E-state index contributed by atoms with van der Waals surface area (Å²) in [6, 6.07) is 9.96. The number of para-hydroxylation sites is 1. The first-order valence-electron chi connectivity index (χ1n) is 7.13. The van der Waals surface area contributed by atoms with E-state index in [0.717, 1.165) is 18.6 Å². The molecule has 1 N–H and O–H groups in total. The van der Waals surface area contributed by atoms with Crippen molar-refractivity contribution in [3.8, 4) is 5.75 Å². The maximum Gasteiger partial charge on any atom is 0.326 e. The van der Waals surface area contributed by atoms with Gasteiger partial charge in [-0.25, -0.2) is 0 Å². The maximum atomic E-state index is 12.1. The van der Waals surface area contributed by atoms with Crippen molar-refractivity contribution in [3.05, 3.63) is 30.3 Å². The molecule has 4 heteroatoms. The second-order valence-corrected chi connectivity index (χ2v) is 5.67. The van der Waals surface area contributed by atoms with Crippen molar-refractivity contribution in [2.24, 2.45) is 0 Å². The van der Waals surface area contributed by atoms with Gasteiger partial charge in [0.2, 0.25) is 0 Å². The van der Waals surface area contributed by atoms with Gasteiger partial charge in [0, 0.05) is 12.5 Å². The van der Waals surface area contributed by atoms with E-state index in [2.05, 4.69) is 5.32 Å². The van der Waals surface area contributed by atoms with Crippen LogP contribution in [0.3, 0.4) is 0 Å². The average Bonchev–Trinajstić information content (AvgIpc) is 2.82. The van der Waals surface area contributed by atoms with E-state index in [-0.39, 0.29) is 18.1 Å². The first-order valence-corrected chi connectivity index (χ1v) is 7.13. The van der Waals surface area contributed by atoms with Crippen molar-refractivity contribution < 1.29 is 14.3 Å². The highest BCUT2D eigenvalue weighted by Gasteiger charge is 2.47. The van der Waals surface area contributed by atoms with Crippen molar-refractivity contribution >= 4 is 5.97 Å². The Hall–Kier alpha value is -1.55. The van der Waals surface area contributed by atoms with Gasteiger partial charge in [0.15, 0.2) is 0 Å². The minimum Gasteiger partial charge on any atom is -0.490 e. The number of carbonyl (C=O) groups is 1. The Balaban J connectivity index is 2.05. The largest absolute Gasteiger partial charge is 0.490 e. The van der Waals surface area contributed by atoms with Crippen molar-refractivity contribution in [1.29, 1.82) is 0 Å². The van der Waals surface area contributed by atoms with Gasteiger partial charge in [0.25, 0.3) is 0 Å². The lowest BCUT2D eigenvalue weighted by Crippen LogP contribution is -2.54. The molecule has 1 saturated carbocycles. The zero-order chi connectivity index (χ0) is 14.6. The van der Waals surface area contributed by atoms with Gasteiger partial charge in [-0.1, -0.05) is 18.2 Å². The molecule has 0 saturated heterocycles. The smallest absolute Gasteiger partial charge is 0.326 e. The SMILES string of the molecule is COC(=O)C1(NC(C)C)CCC(Oc2ccccc2)C1. The number of benzene rings is 1. The second kappa shape index (κ2) is 6.27. The van der Waals surface area contributed by atoms with Crippen LogP contribution in [0.4, 0.5) is 0 Å². The van der Waals surface area contributed by atoms with Crippen LogP contribution in [0.25, 0.3) is 0 Å². The molecular weight excluding hydrogens is 254 g/mol. The predicted octanol–water partition coefficient (Wildman–Crippen LogP) is 2.53. The molecule has 2 rings (SSSR count). The zero-order valence-electron chi connectivity index (χ0n) is 12.4. The molecule has 1 aliphatic rings. The van der Waals surface area contributed by atoms with Crippen LogP contribution in [0.2, 0.25) is 0 Å². The maximum absolute atomic E-state index is 12.1. The third-order valence-electron chi connectivity index (χ3n) is 3.66. The van der Waals surface area contributed by atoms with Gasteiger partial charge in [0.1, 0.15) is 17.4 Å². The Morgan fingerprint density at radius 3 is 2.65 bits per heavy atom.